The number of hydrogen-bond donors (Lipinski definition) is 1. The molecule has 0 aromatic heterocycles. The van der Waals surface area contributed by atoms with Crippen LogP contribution in [0.4, 0.5) is 4.39 Å². The first kappa shape index (κ1) is 27.5. The summed E-state index contributed by atoms with van der Waals surface area (Å²) in [6, 6.07) is 12.6. The summed E-state index contributed by atoms with van der Waals surface area (Å²) < 4.78 is 26.3. The Morgan fingerprint density at radius 1 is 1.11 bits per heavy atom. The molecule has 0 heterocycles. The van der Waals surface area contributed by atoms with Gasteiger partial charge in [0.05, 0.1) is 13.5 Å². The van der Waals surface area contributed by atoms with Gasteiger partial charge in [-0.1, -0.05) is 58.9 Å². The average Bonchev–Trinajstić information content (AvgIpc) is 2.81. The maximum atomic E-state index is 14.9. The first-order valence-electron chi connectivity index (χ1n) is 12.7. The molecule has 36 heavy (non-hydrogen) atoms. The van der Waals surface area contributed by atoms with Gasteiger partial charge in [-0.15, -0.1) is 0 Å². The molecular weight excluding hydrogens is 455 g/mol. The van der Waals surface area contributed by atoms with Crippen LogP contribution < -0.4 is 9.47 Å². The highest BCUT2D eigenvalue weighted by Crippen LogP contribution is 2.44. The second kappa shape index (κ2) is 11.8. The van der Waals surface area contributed by atoms with Crippen LogP contribution in [0.3, 0.4) is 0 Å². The van der Waals surface area contributed by atoms with E-state index in [0.717, 1.165) is 35.3 Å². The van der Waals surface area contributed by atoms with E-state index in [9.17, 15) is 14.3 Å². The Balaban J connectivity index is 1.78. The Labute approximate surface area is 214 Å². The molecule has 1 aliphatic rings. The van der Waals surface area contributed by atoms with Gasteiger partial charge in [-0.2, -0.15) is 0 Å². The van der Waals surface area contributed by atoms with Crippen molar-refractivity contribution in [2.45, 2.75) is 59.8 Å². The SMILES string of the molecule is COc1ccc(F)c(C2=CC(COc3ccc([C@@H](CC(=O)O)CC(C)C)cc3)=CCC2C(C)(C)C)c1. The van der Waals surface area contributed by atoms with Crippen molar-refractivity contribution in [2.24, 2.45) is 17.3 Å². The summed E-state index contributed by atoms with van der Waals surface area (Å²) in [5.41, 5.74) is 3.50. The smallest absolute Gasteiger partial charge is 0.303 e. The van der Waals surface area contributed by atoms with Gasteiger partial charge in [0.15, 0.2) is 0 Å². The Bertz CT molecular complexity index is 1110. The Morgan fingerprint density at radius 2 is 1.78 bits per heavy atom. The summed E-state index contributed by atoms with van der Waals surface area (Å²) in [5.74, 6) is 0.866. The summed E-state index contributed by atoms with van der Waals surface area (Å²) >= 11 is 0. The molecule has 5 heteroatoms. The van der Waals surface area contributed by atoms with Crippen LogP contribution in [0.2, 0.25) is 0 Å². The molecule has 0 fully saturated rings. The summed E-state index contributed by atoms with van der Waals surface area (Å²) in [6.07, 6.45) is 5.97. The normalized spacial score (nSPS) is 16.8. The summed E-state index contributed by atoms with van der Waals surface area (Å²) in [7, 11) is 1.59. The molecule has 0 spiro atoms. The largest absolute Gasteiger partial charge is 0.497 e. The molecule has 2 atom stereocenters. The zero-order valence-electron chi connectivity index (χ0n) is 22.3. The quantitative estimate of drug-likeness (QED) is 0.365. The van der Waals surface area contributed by atoms with Crippen molar-refractivity contribution in [3.63, 3.8) is 0 Å². The Kier molecular flexibility index (Phi) is 8.99. The number of allylic oxidation sites excluding steroid dienone is 2. The molecule has 2 aromatic carbocycles. The molecule has 3 rings (SSSR count). The van der Waals surface area contributed by atoms with Crippen LogP contribution in [0.15, 0.2) is 60.2 Å². The minimum Gasteiger partial charge on any atom is -0.497 e. The molecule has 0 saturated carbocycles. The summed E-state index contributed by atoms with van der Waals surface area (Å²) in [6.45, 7) is 11.1. The van der Waals surface area contributed by atoms with Crippen molar-refractivity contribution in [3.8, 4) is 11.5 Å². The molecule has 0 amide bonds. The molecule has 1 unspecified atom stereocenters. The fraction of sp³-hybridized carbons (Fsp3) is 0.452. The minimum absolute atomic E-state index is 0.0183. The topological polar surface area (TPSA) is 55.8 Å². The zero-order valence-corrected chi connectivity index (χ0v) is 22.3. The van der Waals surface area contributed by atoms with E-state index in [1.165, 1.54) is 6.07 Å². The molecule has 194 valence electrons. The van der Waals surface area contributed by atoms with Crippen LogP contribution in [-0.4, -0.2) is 24.8 Å². The first-order chi connectivity index (χ1) is 17.0. The highest BCUT2D eigenvalue weighted by Gasteiger charge is 2.31. The van der Waals surface area contributed by atoms with E-state index in [1.54, 1.807) is 19.2 Å². The molecule has 0 saturated heterocycles. The van der Waals surface area contributed by atoms with Crippen LogP contribution in [0, 0.1) is 23.1 Å². The third-order valence-electron chi connectivity index (χ3n) is 6.80. The number of methoxy groups -OCH3 is 1. The van der Waals surface area contributed by atoms with Crippen molar-refractivity contribution >= 4 is 11.5 Å². The highest BCUT2D eigenvalue weighted by atomic mass is 19.1. The van der Waals surface area contributed by atoms with Crippen LogP contribution in [0.1, 0.15) is 70.9 Å². The van der Waals surface area contributed by atoms with E-state index < -0.39 is 5.97 Å². The Hall–Kier alpha value is -3.08. The van der Waals surface area contributed by atoms with E-state index >= 15 is 0 Å². The van der Waals surface area contributed by atoms with E-state index in [-0.39, 0.29) is 29.5 Å². The molecule has 1 aliphatic carbocycles. The van der Waals surface area contributed by atoms with Crippen LogP contribution in [0.5, 0.6) is 11.5 Å². The van der Waals surface area contributed by atoms with Gasteiger partial charge in [0, 0.05) is 5.56 Å². The predicted octanol–water partition coefficient (Wildman–Crippen LogP) is 7.89. The van der Waals surface area contributed by atoms with Gasteiger partial charge in [-0.3, -0.25) is 4.79 Å². The van der Waals surface area contributed by atoms with E-state index in [0.29, 0.717) is 23.8 Å². The maximum absolute atomic E-state index is 14.9. The molecule has 1 N–H and O–H groups in total. The number of benzene rings is 2. The van der Waals surface area contributed by atoms with Gasteiger partial charge in [-0.05, 0) is 83.1 Å². The van der Waals surface area contributed by atoms with Gasteiger partial charge >= 0.3 is 5.97 Å². The second-order valence-corrected chi connectivity index (χ2v) is 11.2. The summed E-state index contributed by atoms with van der Waals surface area (Å²) in [5, 5.41) is 9.29. The lowest BCUT2D eigenvalue weighted by Crippen LogP contribution is -2.24. The summed E-state index contributed by atoms with van der Waals surface area (Å²) in [4.78, 5) is 11.3. The van der Waals surface area contributed by atoms with E-state index in [2.05, 4.69) is 46.8 Å². The maximum Gasteiger partial charge on any atom is 0.303 e. The van der Waals surface area contributed by atoms with Gasteiger partial charge < -0.3 is 14.6 Å². The molecule has 0 radical (unpaired) electrons. The number of carbonyl (C=O) groups is 1. The lowest BCUT2D eigenvalue weighted by molar-refractivity contribution is -0.137. The van der Waals surface area contributed by atoms with Crippen molar-refractivity contribution < 1.29 is 23.8 Å². The molecule has 0 bridgehead atoms. The standard InChI is InChI=1S/C31H39FO4/c1-20(2)15-23(17-30(33)34)22-8-10-24(11-9-22)36-19-21-7-13-28(31(3,4)5)26(16-21)27-18-25(35-6)12-14-29(27)32/h7-12,14,16,18,20,23,28H,13,15,17,19H2,1-6H3,(H,33,34)/t23-,28?/m1/s1. The first-order valence-corrected chi connectivity index (χ1v) is 12.7. The average molecular weight is 495 g/mol. The molecule has 0 aliphatic heterocycles. The number of rotatable bonds is 10. The molecule has 4 nitrogen and oxygen atoms in total. The van der Waals surface area contributed by atoms with Crippen LogP contribution >= 0.6 is 0 Å². The van der Waals surface area contributed by atoms with Crippen molar-refractivity contribution in [1.82, 2.24) is 0 Å². The van der Waals surface area contributed by atoms with Crippen molar-refractivity contribution in [1.29, 1.82) is 0 Å². The number of aliphatic carboxylic acids is 1. The molecule has 2 aromatic rings. The zero-order chi connectivity index (χ0) is 26.5. The third kappa shape index (κ3) is 7.22. The fourth-order valence-electron chi connectivity index (χ4n) is 4.91. The van der Waals surface area contributed by atoms with E-state index in [1.807, 2.05) is 24.3 Å². The third-order valence-corrected chi connectivity index (χ3v) is 6.80. The van der Waals surface area contributed by atoms with Gasteiger partial charge in [0.2, 0.25) is 0 Å². The lowest BCUT2D eigenvalue weighted by atomic mass is 9.70. The van der Waals surface area contributed by atoms with Crippen LogP contribution in [0.25, 0.3) is 5.57 Å². The van der Waals surface area contributed by atoms with Gasteiger partial charge in [-0.25, -0.2) is 4.39 Å². The van der Waals surface area contributed by atoms with Crippen LogP contribution in [-0.2, 0) is 4.79 Å². The second-order valence-electron chi connectivity index (χ2n) is 11.2. The van der Waals surface area contributed by atoms with Crippen molar-refractivity contribution in [3.05, 3.63) is 77.1 Å². The van der Waals surface area contributed by atoms with Gasteiger partial charge in [0.1, 0.15) is 23.9 Å². The number of carboxylic acids is 1. The predicted molar refractivity (Wildman–Crippen MR) is 143 cm³/mol. The van der Waals surface area contributed by atoms with Gasteiger partial charge in [0.25, 0.3) is 0 Å². The molecular formula is C31H39FO4. The van der Waals surface area contributed by atoms with E-state index in [4.69, 9.17) is 9.47 Å². The number of hydrogen-bond acceptors (Lipinski definition) is 3. The number of halogens is 1. The number of carboxylic acid groups (broad SMARTS) is 1. The minimum atomic E-state index is -0.783. The Morgan fingerprint density at radius 3 is 2.36 bits per heavy atom. The lowest BCUT2D eigenvalue weighted by Gasteiger charge is -2.35. The monoisotopic (exact) mass is 494 g/mol. The highest BCUT2D eigenvalue weighted by molar-refractivity contribution is 5.73. The van der Waals surface area contributed by atoms with Crippen molar-refractivity contribution in [2.75, 3.05) is 13.7 Å². The fourth-order valence-corrected chi connectivity index (χ4v) is 4.91. The number of ether oxygens (including phenoxy) is 2.